The Morgan fingerprint density at radius 2 is 1.55 bits per heavy atom. The molecule has 0 saturated carbocycles. The Kier molecular flexibility index (Phi) is 9.12. The lowest BCUT2D eigenvalue weighted by Gasteiger charge is -2.13. The van der Waals surface area contributed by atoms with E-state index in [1.54, 1.807) is 30.9 Å². The summed E-state index contributed by atoms with van der Waals surface area (Å²) in [6.07, 6.45) is 0. The number of nitrogens with zero attached hydrogens (tertiary/aromatic N) is 2. The van der Waals surface area contributed by atoms with Crippen LogP contribution in [0.4, 0.5) is 0 Å². The average molecular weight is 614 g/mol. The summed E-state index contributed by atoms with van der Waals surface area (Å²) in [7, 11) is 7.02. The molecule has 12 heteroatoms. The zero-order chi connectivity index (χ0) is 31.4. The topological polar surface area (TPSA) is 140 Å². The Morgan fingerprint density at radius 3 is 2.25 bits per heavy atom. The van der Waals surface area contributed by atoms with Gasteiger partial charge in [-0.15, -0.1) is 0 Å². The summed E-state index contributed by atoms with van der Waals surface area (Å²) >= 11 is 5.50. The van der Waals surface area contributed by atoms with Gasteiger partial charge < -0.3 is 39.5 Å². The number of carbonyl (C=O) groups excluding carboxylic acids is 2. The minimum absolute atomic E-state index is 0.101. The van der Waals surface area contributed by atoms with E-state index in [0.717, 1.165) is 28.6 Å². The molecule has 0 aliphatic heterocycles. The molecular formula is C32H35N7O4S. The highest BCUT2D eigenvalue weighted by Crippen LogP contribution is 2.30. The van der Waals surface area contributed by atoms with E-state index in [0.29, 0.717) is 51.5 Å². The van der Waals surface area contributed by atoms with E-state index in [-0.39, 0.29) is 23.8 Å². The number of aromatic nitrogens is 3. The van der Waals surface area contributed by atoms with E-state index < -0.39 is 0 Å². The van der Waals surface area contributed by atoms with Crippen LogP contribution in [0.1, 0.15) is 20.8 Å². The number of hydrogen-bond acceptors (Lipinski definition) is 7. The number of likely N-dealkylation sites (N-methyl/N-ethyl adjacent to an activating group) is 1. The van der Waals surface area contributed by atoms with Crippen LogP contribution in [-0.2, 0) is 6.54 Å². The molecular weight excluding hydrogens is 578 g/mol. The van der Waals surface area contributed by atoms with Crippen molar-refractivity contribution >= 4 is 45.8 Å². The first kappa shape index (κ1) is 30.5. The zero-order valence-corrected chi connectivity index (χ0v) is 25.9. The van der Waals surface area contributed by atoms with Crippen molar-refractivity contribution in [3.05, 3.63) is 82.2 Å². The molecule has 228 valence electrons. The summed E-state index contributed by atoms with van der Waals surface area (Å²) in [4.78, 5) is 33.7. The summed E-state index contributed by atoms with van der Waals surface area (Å²) in [5, 5.41) is 16.1. The molecule has 0 radical (unpaired) electrons. The second-order valence-electron chi connectivity index (χ2n) is 10.6. The molecule has 0 aliphatic carbocycles. The van der Waals surface area contributed by atoms with Crippen molar-refractivity contribution in [2.24, 2.45) is 0 Å². The predicted molar refractivity (Wildman–Crippen MR) is 173 cm³/mol. The molecule has 0 spiro atoms. The molecule has 0 aliphatic rings. The van der Waals surface area contributed by atoms with Crippen molar-refractivity contribution in [3.63, 3.8) is 0 Å². The first-order valence-electron chi connectivity index (χ1n) is 14.1. The minimum atomic E-state index is -0.262. The second kappa shape index (κ2) is 13.1. The van der Waals surface area contributed by atoms with Gasteiger partial charge in [0.2, 0.25) is 0 Å². The molecule has 11 nitrogen and oxygen atoms in total. The molecule has 2 aromatic heterocycles. The molecule has 0 atom stereocenters. The molecule has 5 rings (SSSR count). The van der Waals surface area contributed by atoms with Gasteiger partial charge in [0.25, 0.3) is 11.8 Å². The van der Waals surface area contributed by atoms with E-state index in [9.17, 15) is 9.59 Å². The summed E-state index contributed by atoms with van der Waals surface area (Å²) in [5.74, 6) is 0.684. The maximum absolute atomic E-state index is 13.0. The van der Waals surface area contributed by atoms with Crippen molar-refractivity contribution < 1.29 is 19.1 Å². The van der Waals surface area contributed by atoms with Gasteiger partial charge in [-0.25, -0.2) is 0 Å². The summed E-state index contributed by atoms with van der Waals surface area (Å²) < 4.78 is 12.7. The number of rotatable bonds is 11. The standard InChI is InChI=1S/C32H35N7O4S/c1-38(2)13-11-34-30(40)20-7-5-19(6-8-20)21-9-10-24-22(15-21)16-26(36-24)31(41)35-12-14-39-29(33)23-17-27(42-3)28(43-4)18-25(23)37-32(39)44/h5-10,15-18,33,36H,11-14H2,1-4H3,(H,34,40)(H,35,41)(H,37,44). The third-order valence-corrected chi connectivity index (χ3v) is 7.67. The molecule has 2 amide bonds. The number of ether oxygens (including phenoxy) is 2. The van der Waals surface area contributed by atoms with Gasteiger partial charge in [0.05, 0.1) is 19.7 Å². The molecule has 44 heavy (non-hydrogen) atoms. The number of carbonyl (C=O) groups is 2. The number of benzene rings is 3. The van der Waals surface area contributed by atoms with Crippen LogP contribution in [0.5, 0.6) is 11.5 Å². The van der Waals surface area contributed by atoms with Crippen LogP contribution in [0.15, 0.2) is 60.7 Å². The lowest BCUT2D eigenvalue weighted by molar-refractivity contribution is 0.0941. The van der Waals surface area contributed by atoms with Crippen LogP contribution in [-0.4, -0.2) is 79.2 Å². The molecule has 5 N–H and O–H groups in total. The lowest BCUT2D eigenvalue weighted by atomic mass is 10.0. The Balaban J connectivity index is 1.25. The van der Waals surface area contributed by atoms with Gasteiger partial charge in [-0.3, -0.25) is 15.0 Å². The quantitative estimate of drug-likeness (QED) is 0.142. The van der Waals surface area contributed by atoms with Gasteiger partial charge in [0.1, 0.15) is 11.2 Å². The van der Waals surface area contributed by atoms with Crippen molar-refractivity contribution in [1.29, 1.82) is 5.41 Å². The molecule has 0 unspecified atom stereocenters. The van der Waals surface area contributed by atoms with Crippen molar-refractivity contribution in [2.75, 3.05) is 47.9 Å². The number of aromatic amines is 2. The SMILES string of the molecule is COc1cc2[nH]c(=S)n(CCNC(=O)c3cc4cc(-c5ccc(C(=O)NCCN(C)C)cc5)ccc4[nH]3)c(=N)c2cc1OC. The van der Waals surface area contributed by atoms with Crippen LogP contribution in [0, 0.1) is 10.2 Å². The van der Waals surface area contributed by atoms with Gasteiger partial charge in [0.15, 0.2) is 16.3 Å². The number of methoxy groups -OCH3 is 2. The van der Waals surface area contributed by atoms with E-state index in [1.807, 2.05) is 67.5 Å². The summed E-state index contributed by atoms with van der Waals surface area (Å²) in [6, 6.07) is 18.7. The molecule has 0 saturated heterocycles. The smallest absolute Gasteiger partial charge is 0.267 e. The Morgan fingerprint density at radius 1 is 0.864 bits per heavy atom. The highest BCUT2D eigenvalue weighted by atomic mass is 32.1. The Bertz CT molecular complexity index is 1960. The van der Waals surface area contributed by atoms with Crippen molar-refractivity contribution in [2.45, 2.75) is 6.54 Å². The number of fused-ring (bicyclic) bond motifs is 2. The molecule has 3 aromatic carbocycles. The van der Waals surface area contributed by atoms with Gasteiger partial charge in [-0.1, -0.05) is 18.2 Å². The van der Waals surface area contributed by atoms with Gasteiger partial charge in [-0.05, 0) is 73.8 Å². The van der Waals surface area contributed by atoms with Gasteiger partial charge >= 0.3 is 0 Å². The van der Waals surface area contributed by atoms with E-state index in [2.05, 4.69) is 20.6 Å². The fourth-order valence-electron chi connectivity index (χ4n) is 4.94. The molecule has 5 aromatic rings. The summed E-state index contributed by atoms with van der Waals surface area (Å²) in [5.41, 5.74) is 4.67. The van der Waals surface area contributed by atoms with Gasteiger partial charge in [-0.2, -0.15) is 0 Å². The van der Waals surface area contributed by atoms with Crippen LogP contribution in [0.2, 0.25) is 0 Å². The largest absolute Gasteiger partial charge is 0.493 e. The molecule has 2 heterocycles. The highest BCUT2D eigenvalue weighted by Gasteiger charge is 2.13. The Labute approximate surface area is 259 Å². The Hall–Kier alpha value is -4.94. The first-order valence-corrected chi connectivity index (χ1v) is 14.5. The van der Waals surface area contributed by atoms with Crippen LogP contribution in [0.25, 0.3) is 32.9 Å². The monoisotopic (exact) mass is 613 g/mol. The summed E-state index contributed by atoms with van der Waals surface area (Å²) in [6.45, 7) is 1.93. The van der Waals surface area contributed by atoms with Crippen LogP contribution >= 0.6 is 12.2 Å². The third kappa shape index (κ3) is 6.51. The number of nitrogens with one attached hydrogen (secondary N) is 5. The fraction of sp³-hybridized carbons (Fsp3) is 0.250. The zero-order valence-electron chi connectivity index (χ0n) is 25.0. The first-order chi connectivity index (χ1) is 21.2. The molecule has 0 fully saturated rings. The maximum atomic E-state index is 13.0. The second-order valence-corrected chi connectivity index (χ2v) is 10.9. The van der Waals surface area contributed by atoms with Gasteiger partial charge in [0, 0.05) is 54.1 Å². The fourth-order valence-corrected chi connectivity index (χ4v) is 5.23. The van der Waals surface area contributed by atoms with Crippen LogP contribution < -0.4 is 25.6 Å². The van der Waals surface area contributed by atoms with Crippen molar-refractivity contribution in [1.82, 2.24) is 30.1 Å². The van der Waals surface area contributed by atoms with E-state index in [1.165, 1.54) is 0 Å². The lowest BCUT2D eigenvalue weighted by Crippen LogP contribution is -2.32. The molecule has 0 bridgehead atoms. The normalized spacial score (nSPS) is 11.2. The predicted octanol–water partition coefficient (Wildman–Crippen LogP) is 4.07. The van der Waals surface area contributed by atoms with E-state index >= 15 is 0 Å². The van der Waals surface area contributed by atoms with Crippen LogP contribution in [0.3, 0.4) is 0 Å². The minimum Gasteiger partial charge on any atom is -0.493 e. The maximum Gasteiger partial charge on any atom is 0.267 e. The number of H-pyrrole nitrogens is 2. The third-order valence-electron chi connectivity index (χ3n) is 7.35. The average Bonchev–Trinajstić information content (AvgIpc) is 3.45. The number of hydrogen-bond donors (Lipinski definition) is 5. The highest BCUT2D eigenvalue weighted by molar-refractivity contribution is 7.71. The van der Waals surface area contributed by atoms with Crippen molar-refractivity contribution in [3.8, 4) is 22.6 Å². The van der Waals surface area contributed by atoms with E-state index in [4.69, 9.17) is 27.1 Å². The number of amides is 2.